The van der Waals surface area contributed by atoms with Gasteiger partial charge in [-0.15, -0.1) is 0 Å². The lowest BCUT2D eigenvalue weighted by molar-refractivity contribution is -0.122. The first-order valence-electron chi connectivity index (χ1n) is 6.66. The van der Waals surface area contributed by atoms with E-state index in [0.717, 1.165) is 32.3 Å². The number of rotatable bonds is 6. The van der Waals surface area contributed by atoms with Crippen LogP contribution in [0.1, 0.15) is 25.7 Å². The number of ether oxygens (including phenoxy) is 1. The van der Waals surface area contributed by atoms with Crippen LogP contribution in [0.3, 0.4) is 0 Å². The number of hydrogen-bond donors (Lipinski definition) is 3. The fourth-order valence-corrected chi connectivity index (χ4v) is 1.93. The fourth-order valence-electron chi connectivity index (χ4n) is 1.93. The van der Waals surface area contributed by atoms with Gasteiger partial charge in [-0.1, -0.05) is 0 Å². The van der Waals surface area contributed by atoms with Crippen LogP contribution in [0.2, 0.25) is 0 Å². The van der Waals surface area contributed by atoms with Gasteiger partial charge in [0.05, 0.1) is 6.10 Å². The lowest BCUT2D eigenvalue weighted by Gasteiger charge is -2.11. The number of hydrogen-bond acceptors (Lipinski definition) is 3. The van der Waals surface area contributed by atoms with Crippen molar-refractivity contribution in [3.8, 4) is 0 Å². The van der Waals surface area contributed by atoms with E-state index in [2.05, 4.69) is 16.0 Å². The number of urea groups is 1. The summed E-state index contributed by atoms with van der Waals surface area (Å²) < 4.78 is 5.39. The van der Waals surface area contributed by atoms with Gasteiger partial charge in [0, 0.05) is 32.2 Å². The van der Waals surface area contributed by atoms with Crippen molar-refractivity contribution in [2.75, 3.05) is 26.2 Å². The molecule has 18 heavy (non-hydrogen) atoms. The summed E-state index contributed by atoms with van der Waals surface area (Å²) in [5.74, 6) is 0.329. The summed E-state index contributed by atoms with van der Waals surface area (Å²) in [6.45, 7) is 2.29. The highest BCUT2D eigenvalue weighted by Crippen LogP contribution is 2.28. The molecule has 2 aliphatic rings. The van der Waals surface area contributed by atoms with E-state index in [1.165, 1.54) is 0 Å². The summed E-state index contributed by atoms with van der Waals surface area (Å²) in [6.07, 6.45) is 4.24. The van der Waals surface area contributed by atoms with E-state index in [1.807, 2.05) is 0 Å². The maximum atomic E-state index is 11.4. The van der Waals surface area contributed by atoms with Crippen LogP contribution in [-0.2, 0) is 9.53 Å². The van der Waals surface area contributed by atoms with Gasteiger partial charge in [-0.2, -0.15) is 0 Å². The van der Waals surface area contributed by atoms with E-state index in [4.69, 9.17) is 4.74 Å². The van der Waals surface area contributed by atoms with Crippen molar-refractivity contribution in [3.05, 3.63) is 0 Å². The molecule has 1 unspecified atom stereocenters. The molecule has 0 aromatic heterocycles. The largest absolute Gasteiger partial charge is 0.376 e. The predicted molar refractivity (Wildman–Crippen MR) is 66.1 cm³/mol. The van der Waals surface area contributed by atoms with Crippen molar-refractivity contribution < 1.29 is 14.3 Å². The summed E-state index contributed by atoms with van der Waals surface area (Å²) in [4.78, 5) is 22.7. The SMILES string of the molecule is O=C(NCCNC(=O)C1CC1)NCC1CCCO1. The third-order valence-corrected chi connectivity index (χ3v) is 3.17. The zero-order valence-electron chi connectivity index (χ0n) is 10.5. The molecule has 3 amide bonds. The summed E-state index contributed by atoms with van der Waals surface area (Å²) >= 11 is 0. The molecule has 0 aromatic carbocycles. The highest BCUT2D eigenvalue weighted by Gasteiger charge is 2.28. The summed E-state index contributed by atoms with van der Waals surface area (Å²) in [5, 5.41) is 8.25. The average molecular weight is 255 g/mol. The molecule has 6 nitrogen and oxygen atoms in total. The summed E-state index contributed by atoms with van der Waals surface area (Å²) in [5.41, 5.74) is 0. The lowest BCUT2D eigenvalue weighted by Crippen LogP contribution is -2.42. The molecule has 6 heteroatoms. The topological polar surface area (TPSA) is 79.5 Å². The van der Waals surface area contributed by atoms with Crippen LogP contribution in [0.25, 0.3) is 0 Å². The van der Waals surface area contributed by atoms with Crippen molar-refractivity contribution in [1.29, 1.82) is 0 Å². The van der Waals surface area contributed by atoms with E-state index in [-0.39, 0.29) is 24.0 Å². The van der Waals surface area contributed by atoms with Gasteiger partial charge >= 0.3 is 6.03 Å². The maximum absolute atomic E-state index is 11.4. The van der Waals surface area contributed by atoms with E-state index in [1.54, 1.807) is 0 Å². The Hall–Kier alpha value is -1.30. The molecule has 1 atom stereocenters. The first kappa shape index (κ1) is 13.1. The number of nitrogens with one attached hydrogen (secondary N) is 3. The van der Waals surface area contributed by atoms with Crippen LogP contribution < -0.4 is 16.0 Å². The highest BCUT2D eigenvalue weighted by molar-refractivity contribution is 5.80. The normalized spacial score (nSPS) is 22.6. The molecular formula is C12H21N3O3. The molecule has 2 fully saturated rings. The zero-order chi connectivity index (χ0) is 12.8. The highest BCUT2D eigenvalue weighted by atomic mass is 16.5. The minimum Gasteiger partial charge on any atom is -0.376 e. The Morgan fingerprint density at radius 1 is 1.06 bits per heavy atom. The van der Waals surface area contributed by atoms with Crippen LogP contribution in [0.4, 0.5) is 4.79 Å². The Bertz CT molecular complexity index is 299. The van der Waals surface area contributed by atoms with Crippen LogP contribution >= 0.6 is 0 Å². The average Bonchev–Trinajstić information content (AvgIpc) is 3.09. The molecule has 2 rings (SSSR count). The molecule has 1 saturated heterocycles. The molecule has 3 N–H and O–H groups in total. The second-order valence-corrected chi connectivity index (χ2v) is 4.84. The van der Waals surface area contributed by atoms with Gasteiger partial charge in [0.25, 0.3) is 0 Å². The van der Waals surface area contributed by atoms with Crippen molar-refractivity contribution >= 4 is 11.9 Å². The van der Waals surface area contributed by atoms with E-state index in [0.29, 0.717) is 19.6 Å². The van der Waals surface area contributed by atoms with E-state index >= 15 is 0 Å². The molecule has 0 bridgehead atoms. The van der Waals surface area contributed by atoms with Gasteiger partial charge in [-0.05, 0) is 25.7 Å². The number of carbonyl (C=O) groups excluding carboxylic acids is 2. The number of carbonyl (C=O) groups is 2. The van der Waals surface area contributed by atoms with Gasteiger partial charge in [0.2, 0.25) is 5.91 Å². The molecular weight excluding hydrogens is 234 g/mol. The quantitative estimate of drug-likeness (QED) is 0.584. The fraction of sp³-hybridized carbons (Fsp3) is 0.833. The van der Waals surface area contributed by atoms with Crippen molar-refractivity contribution in [1.82, 2.24) is 16.0 Å². The molecule has 102 valence electrons. The minimum absolute atomic E-state index is 0.108. The van der Waals surface area contributed by atoms with Crippen molar-refractivity contribution in [2.45, 2.75) is 31.8 Å². The van der Waals surface area contributed by atoms with Gasteiger partial charge in [0.15, 0.2) is 0 Å². The second kappa shape index (κ2) is 6.58. The number of amides is 3. The standard InChI is InChI=1S/C12H21N3O3/c16-11(9-3-4-9)13-5-6-14-12(17)15-8-10-2-1-7-18-10/h9-10H,1-8H2,(H,13,16)(H2,14,15,17). The van der Waals surface area contributed by atoms with E-state index < -0.39 is 0 Å². The second-order valence-electron chi connectivity index (χ2n) is 4.84. The molecule has 1 aliphatic carbocycles. The summed E-state index contributed by atoms with van der Waals surface area (Å²) in [7, 11) is 0. The molecule has 1 aliphatic heterocycles. The van der Waals surface area contributed by atoms with Crippen LogP contribution in [0, 0.1) is 5.92 Å². The van der Waals surface area contributed by atoms with Crippen molar-refractivity contribution in [2.24, 2.45) is 5.92 Å². The summed E-state index contributed by atoms with van der Waals surface area (Å²) in [6, 6.07) is -0.203. The molecule has 1 heterocycles. The first-order chi connectivity index (χ1) is 8.75. The predicted octanol–water partition coefficient (Wildman–Crippen LogP) is -0.00920. The maximum Gasteiger partial charge on any atom is 0.314 e. The van der Waals surface area contributed by atoms with Crippen LogP contribution in [0.15, 0.2) is 0 Å². The third kappa shape index (κ3) is 4.52. The van der Waals surface area contributed by atoms with Gasteiger partial charge < -0.3 is 20.7 Å². The molecule has 0 radical (unpaired) electrons. The van der Waals surface area contributed by atoms with Crippen LogP contribution in [0.5, 0.6) is 0 Å². The zero-order valence-corrected chi connectivity index (χ0v) is 10.5. The lowest BCUT2D eigenvalue weighted by atomic mass is 10.2. The molecule has 1 saturated carbocycles. The Morgan fingerprint density at radius 3 is 2.50 bits per heavy atom. The Morgan fingerprint density at radius 2 is 1.83 bits per heavy atom. The Balaban J connectivity index is 1.45. The van der Waals surface area contributed by atoms with Crippen molar-refractivity contribution in [3.63, 3.8) is 0 Å². The minimum atomic E-state index is -0.203. The molecule has 0 aromatic rings. The molecule has 0 spiro atoms. The van der Waals surface area contributed by atoms with Gasteiger partial charge in [-0.3, -0.25) is 4.79 Å². The smallest absolute Gasteiger partial charge is 0.314 e. The Kier molecular flexibility index (Phi) is 4.81. The third-order valence-electron chi connectivity index (χ3n) is 3.17. The van der Waals surface area contributed by atoms with Crippen LogP contribution in [-0.4, -0.2) is 44.3 Å². The van der Waals surface area contributed by atoms with Gasteiger partial charge in [0.1, 0.15) is 0 Å². The Labute approximate surface area is 107 Å². The first-order valence-corrected chi connectivity index (χ1v) is 6.66. The van der Waals surface area contributed by atoms with E-state index in [9.17, 15) is 9.59 Å². The monoisotopic (exact) mass is 255 g/mol. The van der Waals surface area contributed by atoms with Gasteiger partial charge in [-0.25, -0.2) is 4.79 Å².